The summed E-state index contributed by atoms with van der Waals surface area (Å²) in [6, 6.07) is 14.9. The van der Waals surface area contributed by atoms with Crippen LogP contribution in [0.1, 0.15) is 31.4 Å². The first-order valence-corrected chi connectivity index (χ1v) is 10.1. The van der Waals surface area contributed by atoms with Gasteiger partial charge in [0.05, 0.1) is 17.3 Å². The number of hydrogen-bond acceptors (Lipinski definition) is 3. The van der Waals surface area contributed by atoms with Crippen LogP contribution in [-0.4, -0.2) is 36.6 Å². The Hall–Kier alpha value is -2.57. The minimum Gasteiger partial charge on any atom is -0.384 e. The number of rotatable bonds is 8. The molecule has 0 fully saturated rings. The standard InChI is InChI=1S/C22H29ClN4O2/c1-4-24-21(26-15-22(3,29)17-8-6-5-7-9-17)25-13-12-20(28)27-19-11-10-16(2)14-18(19)23/h5-11,14,29H,4,12-13,15H2,1-3H3,(H,27,28)(H2,24,25,26). The lowest BCUT2D eigenvalue weighted by Crippen LogP contribution is -2.40. The zero-order valence-electron chi connectivity index (χ0n) is 17.1. The second kappa shape index (κ2) is 10.8. The highest BCUT2D eigenvalue weighted by Crippen LogP contribution is 2.23. The largest absolute Gasteiger partial charge is 0.384 e. The van der Waals surface area contributed by atoms with Gasteiger partial charge in [-0.2, -0.15) is 0 Å². The molecule has 0 radical (unpaired) electrons. The van der Waals surface area contributed by atoms with Crippen LogP contribution in [0.5, 0.6) is 0 Å². The van der Waals surface area contributed by atoms with Gasteiger partial charge in [-0.1, -0.05) is 48.0 Å². The molecular weight excluding hydrogens is 388 g/mol. The van der Waals surface area contributed by atoms with E-state index < -0.39 is 5.60 Å². The third kappa shape index (κ3) is 7.40. The maximum Gasteiger partial charge on any atom is 0.226 e. The maximum atomic E-state index is 12.2. The Balaban J connectivity index is 1.88. The lowest BCUT2D eigenvalue weighted by atomic mass is 9.96. The lowest BCUT2D eigenvalue weighted by molar-refractivity contribution is -0.116. The highest BCUT2D eigenvalue weighted by Gasteiger charge is 2.22. The van der Waals surface area contributed by atoms with Crippen molar-refractivity contribution >= 4 is 29.2 Å². The summed E-state index contributed by atoms with van der Waals surface area (Å²) in [5.74, 6) is 0.403. The van der Waals surface area contributed by atoms with Gasteiger partial charge in [0.1, 0.15) is 5.60 Å². The molecule has 156 valence electrons. The molecule has 0 bridgehead atoms. The average Bonchev–Trinajstić information content (AvgIpc) is 2.69. The van der Waals surface area contributed by atoms with Crippen LogP contribution in [0.4, 0.5) is 5.69 Å². The molecule has 1 unspecified atom stereocenters. The first-order valence-electron chi connectivity index (χ1n) is 9.68. The molecule has 2 aromatic rings. The van der Waals surface area contributed by atoms with Crippen molar-refractivity contribution in [1.29, 1.82) is 0 Å². The molecule has 4 N–H and O–H groups in total. The van der Waals surface area contributed by atoms with Crippen LogP contribution in [-0.2, 0) is 10.4 Å². The number of aliphatic hydroxyl groups is 1. The van der Waals surface area contributed by atoms with Crippen LogP contribution in [0.2, 0.25) is 5.02 Å². The summed E-state index contributed by atoms with van der Waals surface area (Å²) in [6.45, 7) is 6.89. The smallest absolute Gasteiger partial charge is 0.226 e. The molecule has 2 rings (SSSR count). The number of aliphatic imine (C=N–C) groups is 1. The molecule has 0 spiro atoms. The van der Waals surface area contributed by atoms with Crippen LogP contribution in [0.3, 0.4) is 0 Å². The van der Waals surface area contributed by atoms with Gasteiger partial charge in [-0.05, 0) is 44.0 Å². The summed E-state index contributed by atoms with van der Waals surface area (Å²) in [7, 11) is 0. The molecule has 6 nitrogen and oxygen atoms in total. The van der Waals surface area contributed by atoms with Crippen LogP contribution in [0.15, 0.2) is 53.5 Å². The Morgan fingerprint density at radius 1 is 1.17 bits per heavy atom. The molecular formula is C22H29ClN4O2. The van der Waals surface area contributed by atoms with Crippen molar-refractivity contribution in [2.24, 2.45) is 4.99 Å². The van der Waals surface area contributed by atoms with Gasteiger partial charge in [0.25, 0.3) is 0 Å². The molecule has 0 aliphatic carbocycles. The topological polar surface area (TPSA) is 85.8 Å². The number of carbonyl (C=O) groups is 1. The molecule has 0 aliphatic rings. The minimum atomic E-state index is -1.08. The quantitative estimate of drug-likeness (QED) is 0.392. The van der Waals surface area contributed by atoms with Gasteiger partial charge in [0.2, 0.25) is 5.91 Å². The first kappa shape index (κ1) is 22.7. The number of benzene rings is 2. The van der Waals surface area contributed by atoms with Crippen molar-refractivity contribution in [2.75, 3.05) is 25.0 Å². The van der Waals surface area contributed by atoms with Gasteiger partial charge in [-0.3, -0.25) is 4.79 Å². The van der Waals surface area contributed by atoms with Crippen LogP contribution in [0.25, 0.3) is 0 Å². The summed E-state index contributed by atoms with van der Waals surface area (Å²) in [5, 5.41) is 20.3. The van der Waals surface area contributed by atoms with Gasteiger partial charge in [0.15, 0.2) is 5.96 Å². The van der Waals surface area contributed by atoms with E-state index in [0.717, 1.165) is 11.1 Å². The third-order valence-corrected chi connectivity index (χ3v) is 4.64. The molecule has 2 aromatic carbocycles. The van der Waals surface area contributed by atoms with Crippen molar-refractivity contribution in [2.45, 2.75) is 32.8 Å². The molecule has 0 saturated carbocycles. The normalized spacial score (nSPS) is 13.5. The summed E-state index contributed by atoms with van der Waals surface area (Å²) >= 11 is 6.15. The number of hydrogen-bond donors (Lipinski definition) is 4. The van der Waals surface area contributed by atoms with Crippen LogP contribution in [0, 0.1) is 6.92 Å². The van der Waals surface area contributed by atoms with E-state index in [9.17, 15) is 9.90 Å². The number of nitrogens with zero attached hydrogens (tertiary/aromatic N) is 1. The molecule has 0 saturated heterocycles. The lowest BCUT2D eigenvalue weighted by Gasteiger charge is -2.22. The predicted molar refractivity (Wildman–Crippen MR) is 119 cm³/mol. The van der Waals surface area contributed by atoms with E-state index in [1.807, 2.05) is 56.3 Å². The van der Waals surface area contributed by atoms with Crippen molar-refractivity contribution in [3.8, 4) is 0 Å². The first-order chi connectivity index (χ1) is 13.8. The van der Waals surface area contributed by atoms with Gasteiger partial charge in [0, 0.05) is 19.5 Å². The Morgan fingerprint density at radius 2 is 1.90 bits per heavy atom. The van der Waals surface area contributed by atoms with Crippen molar-refractivity contribution in [1.82, 2.24) is 10.6 Å². The van der Waals surface area contributed by atoms with E-state index in [-0.39, 0.29) is 18.9 Å². The summed E-state index contributed by atoms with van der Waals surface area (Å²) in [6.07, 6.45) is 0.254. The van der Waals surface area contributed by atoms with Gasteiger partial charge >= 0.3 is 0 Å². The molecule has 1 amide bonds. The highest BCUT2D eigenvalue weighted by molar-refractivity contribution is 6.33. The van der Waals surface area contributed by atoms with Crippen molar-refractivity contribution in [3.05, 3.63) is 64.7 Å². The molecule has 1 atom stereocenters. The number of halogens is 1. The van der Waals surface area contributed by atoms with E-state index >= 15 is 0 Å². The Bertz CT molecular complexity index is 838. The fourth-order valence-electron chi connectivity index (χ4n) is 2.69. The van der Waals surface area contributed by atoms with E-state index in [0.29, 0.717) is 29.8 Å². The second-order valence-corrected chi connectivity index (χ2v) is 7.45. The molecule has 7 heteroatoms. The zero-order chi connectivity index (χ0) is 21.3. The van der Waals surface area contributed by atoms with E-state index in [1.165, 1.54) is 0 Å². The number of carbonyl (C=O) groups excluding carboxylic acids is 1. The maximum absolute atomic E-state index is 12.2. The van der Waals surface area contributed by atoms with E-state index in [1.54, 1.807) is 13.0 Å². The molecule has 0 heterocycles. The second-order valence-electron chi connectivity index (χ2n) is 7.04. The summed E-state index contributed by atoms with van der Waals surface area (Å²) in [4.78, 5) is 16.6. The minimum absolute atomic E-state index is 0.143. The fraction of sp³-hybridized carbons (Fsp3) is 0.364. The van der Waals surface area contributed by atoms with Crippen LogP contribution < -0.4 is 16.0 Å². The van der Waals surface area contributed by atoms with Gasteiger partial charge in [-0.25, -0.2) is 4.99 Å². The van der Waals surface area contributed by atoms with E-state index in [4.69, 9.17) is 11.6 Å². The monoisotopic (exact) mass is 416 g/mol. The van der Waals surface area contributed by atoms with E-state index in [2.05, 4.69) is 20.9 Å². The zero-order valence-corrected chi connectivity index (χ0v) is 17.9. The SMILES string of the molecule is CCNC(=NCC(C)(O)c1ccccc1)NCCC(=O)Nc1ccc(C)cc1Cl. The number of guanidine groups is 1. The number of anilines is 1. The average molecular weight is 417 g/mol. The number of nitrogens with one attached hydrogen (secondary N) is 3. The Kier molecular flexibility index (Phi) is 8.49. The summed E-state index contributed by atoms with van der Waals surface area (Å²) < 4.78 is 0. The predicted octanol–water partition coefficient (Wildman–Crippen LogP) is 3.44. The fourth-order valence-corrected chi connectivity index (χ4v) is 2.97. The van der Waals surface area contributed by atoms with Crippen molar-refractivity contribution in [3.63, 3.8) is 0 Å². The Labute approximate surface area is 177 Å². The Morgan fingerprint density at radius 3 is 2.55 bits per heavy atom. The molecule has 29 heavy (non-hydrogen) atoms. The van der Waals surface area contributed by atoms with Gasteiger partial charge < -0.3 is 21.1 Å². The van der Waals surface area contributed by atoms with Crippen LogP contribution >= 0.6 is 11.6 Å². The molecule has 0 aliphatic heterocycles. The highest BCUT2D eigenvalue weighted by atomic mass is 35.5. The van der Waals surface area contributed by atoms with Gasteiger partial charge in [-0.15, -0.1) is 0 Å². The summed E-state index contributed by atoms with van der Waals surface area (Å²) in [5.41, 5.74) is 1.35. The number of aryl methyl sites for hydroxylation is 1. The van der Waals surface area contributed by atoms with Crippen molar-refractivity contribution < 1.29 is 9.90 Å². The number of amides is 1. The molecule has 0 aromatic heterocycles. The third-order valence-electron chi connectivity index (χ3n) is 4.33.